The SMILES string of the molecule is CCNC(=NCCCOCC)N1CCC(OCC)CC1. The van der Waals surface area contributed by atoms with Gasteiger partial charge in [0.05, 0.1) is 6.10 Å². The Hall–Kier alpha value is -0.810. The molecule has 5 nitrogen and oxygen atoms in total. The Morgan fingerprint density at radius 3 is 2.55 bits per heavy atom. The zero-order valence-corrected chi connectivity index (χ0v) is 13.4. The van der Waals surface area contributed by atoms with E-state index in [0.29, 0.717) is 6.10 Å². The van der Waals surface area contributed by atoms with E-state index in [2.05, 4.69) is 24.1 Å². The summed E-state index contributed by atoms with van der Waals surface area (Å²) in [7, 11) is 0. The Morgan fingerprint density at radius 1 is 1.20 bits per heavy atom. The van der Waals surface area contributed by atoms with Crippen molar-refractivity contribution in [2.75, 3.05) is 46.0 Å². The summed E-state index contributed by atoms with van der Waals surface area (Å²) in [6.45, 7) is 12.4. The van der Waals surface area contributed by atoms with Crippen LogP contribution in [0.1, 0.15) is 40.0 Å². The highest BCUT2D eigenvalue weighted by atomic mass is 16.5. The molecule has 0 aliphatic carbocycles. The maximum atomic E-state index is 5.69. The zero-order chi connectivity index (χ0) is 14.6. The van der Waals surface area contributed by atoms with Crippen LogP contribution in [0.15, 0.2) is 4.99 Å². The minimum atomic E-state index is 0.428. The molecule has 0 unspecified atom stereocenters. The van der Waals surface area contributed by atoms with Gasteiger partial charge in [-0.05, 0) is 40.0 Å². The third-order valence-corrected chi connectivity index (χ3v) is 3.39. The number of hydrogen-bond acceptors (Lipinski definition) is 3. The van der Waals surface area contributed by atoms with Crippen LogP contribution in [-0.4, -0.2) is 63.0 Å². The molecular formula is C15H31N3O2. The van der Waals surface area contributed by atoms with Crippen LogP contribution in [0, 0.1) is 0 Å². The van der Waals surface area contributed by atoms with E-state index < -0.39 is 0 Å². The molecule has 0 aromatic carbocycles. The van der Waals surface area contributed by atoms with Gasteiger partial charge in [-0.2, -0.15) is 0 Å². The number of likely N-dealkylation sites (tertiary alicyclic amines) is 1. The molecule has 1 saturated heterocycles. The third kappa shape index (κ3) is 6.57. The molecule has 20 heavy (non-hydrogen) atoms. The Bertz CT molecular complexity index is 264. The van der Waals surface area contributed by atoms with Crippen molar-refractivity contribution in [3.8, 4) is 0 Å². The zero-order valence-electron chi connectivity index (χ0n) is 13.4. The third-order valence-electron chi connectivity index (χ3n) is 3.39. The van der Waals surface area contributed by atoms with Crippen molar-refractivity contribution in [2.45, 2.75) is 46.1 Å². The van der Waals surface area contributed by atoms with Gasteiger partial charge in [0.25, 0.3) is 0 Å². The lowest BCUT2D eigenvalue weighted by Crippen LogP contribution is -2.47. The first-order valence-electron chi connectivity index (χ1n) is 8.04. The predicted molar refractivity (Wildman–Crippen MR) is 83.3 cm³/mol. The number of nitrogens with one attached hydrogen (secondary N) is 1. The van der Waals surface area contributed by atoms with Crippen LogP contribution in [0.5, 0.6) is 0 Å². The van der Waals surface area contributed by atoms with Crippen molar-refractivity contribution in [3.05, 3.63) is 0 Å². The first kappa shape index (κ1) is 17.2. The molecule has 1 fully saturated rings. The first-order chi connectivity index (χ1) is 9.81. The fourth-order valence-corrected chi connectivity index (χ4v) is 2.39. The fourth-order valence-electron chi connectivity index (χ4n) is 2.39. The maximum Gasteiger partial charge on any atom is 0.193 e. The molecule has 1 aliphatic rings. The van der Waals surface area contributed by atoms with E-state index >= 15 is 0 Å². The van der Waals surface area contributed by atoms with Gasteiger partial charge >= 0.3 is 0 Å². The average molecular weight is 285 g/mol. The van der Waals surface area contributed by atoms with Crippen LogP contribution in [0.4, 0.5) is 0 Å². The van der Waals surface area contributed by atoms with Crippen LogP contribution >= 0.6 is 0 Å². The summed E-state index contributed by atoms with van der Waals surface area (Å²) in [4.78, 5) is 7.04. The van der Waals surface area contributed by atoms with Crippen LogP contribution in [-0.2, 0) is 9.47 Å². The lowest BCUT2D eigenvalue weighted by Gasteiger charge is -2.34. The number of guanidine groups is 1. The molecule has 0 aromatic rings. The smallest absolute Gasteiger partial charge is 0.193 e. The van der Waals surface area contributed by atoms with Crippen molar-refractivity contribution in [1.82, 2.24) is 10.2 Å². The molecule has 1 rings (SSSR count). The Balaban J connectivity index is 2.35. The Morgan fingerprint density at radius 2 is 1.95 bits per heavy atom. The standard InChI is InChI=1S/C15H31N3O2/c1-4-16-15(17-10-7-13-19-5-2)18-11-8-14(9-12-18)20-6-3/h14H,4-13H2,1-3H3,(H,16,17). The minimum Gasteiger partial charge on any atom is -0.382 e. The summed E-state index contributed by atoms with van der Waals surface area (Å²) in [5.41, 5.74) is 0. The number of hydrogen-bond donors (Lipinski definition) is 1. The number of rotatable bonds is 8. The fraction of sp³-hybridized carbons (Fsp3) is 0.933. The lowest BCUT2D eigenvalue weighted by atomic mass is 10.1. The highest BCUT2D eigenvalue weighted by molar-refractivity contribution is 5.80. The Kier molecular flexibility index (Phi) is 9.41. The molecule has 0 aromatic heterocycles. The van der Waals surface area contributed by atoms with Crippen molar-refractivity contribution in [1.29, 1.82) is 0 Å². The second-order valence-electron chi connectivity index (χ2n) is 4.93. The highest BCUT2D eigenvalue weighted by Gasteiger charge is 2.21. The number of ether oxygens (including phenoxy) is 2. The van der Waals surface area contributed by atoms with Gasteiger partial charge in [0.15, 0.2) is 5.96 Å². The molecule has 0 amide bonds. The maximum absolute atomic E-state index is 5.69. The van der Waals surface area contributed by atoms with Gasteiger partial charge in [0, 0.05) is 46.0 Å². The summed E-state index contributed by atoms with van der Waals surface area (Å²) >= 11 is 0. The normalized spacial score (nSPS) is 17.6. The highest BCUT2D eigenvalue weighted by Crippen LogP contribution is 2.13. The molecular weight excluding hydrogens is 254 g/mol. The summed E-state index contributed by atoms with van der Waals surface area (Å²) in [6, 6.07) is 0. The van der Waals surface area contributed by atoms with Crippen LogP contribution in [0.25, 0.3) is 0 Å². The second-order valence-corrected chi connectivity index (χ2v) is 4.93. The van der Waals surface area contributed by atoms with Gasteiger partial charge in [-0.1, -0.05) is 0 Å². The van der Waals surface area contributed by atoms with Gasteiger partial charge < -0.3 is 19.7 Å². The van der Waals surface area contributed by atoms with E-state index in [-0.39, 0.29) is 0 Å². The van der Waals surface area contributed by atoms with Crippen molar-refractivity contribution in [2.24, 2.45) is 4.99 Å². The molecule has 0 bridgehead atoms. The van der Waals surface area contributed by atoms with Gasteiger partial charge in [-0.25, -0.2) is 0 Å². The monoisotopic (exact) mass is 285 g/mol. The number of piperidine rings is 1. The van der Waals surface area contributed by atoms with Crippen LogP contribution in [0.2, 0.25) is 0 Å². The first-order valence-corrected chi connectivity index (χ1v) is 8.04. The van der Waals surface area contributed by atoms with E-state index in [0.717, 1.165) is 71.2 Å². The second kappa shape index (κ2) is 10.9. The van der Waals surface area contributed by atoms with Crippen LogP contribution < -0.4 is 5.32 Å². The van der Waals surface area contributed by atoms with E-state index in [1.54, 1.807) is 0 Å². The largest absolute Gasteiger partial charge is 0.382 e. The lowest BCUT2D eigenvalue weighted by molar-refractivity contribution is 0.0263. The van der Waals surface area contributed by atoms with Crippen molar-refractivity contribution < 1.29 is 9.47 Å². The van der Waals surface area contributed by atoms with Crippen LogP contribution in [0.3, 0.4) is 0 Å². The van der Waals surface area contributed by atoms with Crippen molar-refractivity contribution >= 4 is 5.96 Å². The Labute approximate surface area is 123 Å². The number of nitrogens with zero attached hydrogens (tertiary/aromatic N) is 2. The van der Waals surface area contributed by atoms with Gasteiger partial charge in [-0.3, -0.25) is 4.99 Å². The molecule has 1 aliphatic heterocycles. The summed E-state index contributed by atoms with van der Waals surface area (Å²) < 4.78 is 11.0. The van der Waals surface area contributed by atoms with E-state index in [9.17, 15) is 0 Å². The van der Waals surface area contributed by atoms with Crippen molar-refractivity contribution in [3.63, 3.8) is 0 Å². The molecule has 118 valence electrons. The molecule has 0 saturated carbocycles. The van der Waals surface area contributed by atoms with Gasteiger partial charge in [-0.15, -0.1) is 0 Å². The summed E-state index contributed by atoms with van der Waals surface area (Å²) in [6.07, 6.45) is 3.60. The minimum absolute atomic E-state index is 0.428. The topological polar surface area (TPSA) is 46.1 Å². The molecule has 0 radical (unpaired) electrons. The predicted octanol–water partition coefficient (Wildman–Crippen LogP) is 1.88. The molecule has 1 N–H and O–H groups in total. The van der Waals surface area contributed by atoms with Gasteiger partial charge in [0.1, 0.15) is 0 Å². The number of aliphatic imine (C=N–C) groups is 1. The molecule has 0 spiro atoms. The average Bonchev–Trinajstić information content (AvgIpc) is 2.47. The summed E-state index contributed by atoms with van der Waals surface area (Å²) in [5, 5.41) is 3.38. The van der Waals surface area contributed by atoms with E-state index in [1.807, 2.05) is 6.92 Å². The van der Waals surface area contributed by atoms with E-state index in [4.69, 9.17) is 14.5 Å². The molecule has 1 heterocycles. The summed E-state index contributed by atoms with van der Waals surface area (Å²) in [5.74, 6) is 1.04. The molecule has 5 heteroatoms. The molecule has 0 atom stereocenters. The van der Waals surface area contributed by atoms with E-state index in [1.165, 1.54) is 0 Å². The van der Waals surface area contributed by atoms with Gasteiger partial charge in [0.2, 0.25) is 0 Å². The quantitative estimate of drug-likeness (QED) is 0.420.